The van der Waals surface area contributed by atoms with Crippen LogP contribution in [0, 0.1) is 0 Å². The Balaban J connectivity index is 1.55. The molecule has 0 aliphatic carbocycles. The predicted molar refractivity (Wildman–Crippen MR) is 117 cm³/mol. The van der Waals surface area contributed by atoms with Crippen molar-refractivity contribution in [1.82, 2.24) is 20.4 Å². The van der Waals surface area contributed by atoms with E-state index in [1.807, 2.05) is 29.1 Å². The molecule has 6 heteroatoms. The van der Waals surface area contributed by atoms with Gasteiger partial charge in [0.1, 0.15) is 0 Å². The van der Waals surface area contributed by atoms with E-state index in [4.69, 9.17) is 9.73 Å². The van der Waals surface area contributed by atoms with Gasteiger partial charge < -0.3 is 15.4 Å². The van der Waals surface area contributed by atoms with Crippen LogP contribution in [0.15, 0.2) is 72.0 Å². The maximum atomic E-state index is 5.28. The Kier molecular flexibility index (Phi) is 7.83. The largest absolute Gasteiger partial charge is 0.380 e. The van der Waals surface area contributed by atoms with Gasteiger partial charge in [0.25, 0.3) is 0 Å². The molecular formula is C23H29N5O. The molecule has 0 aliphatic rings. The third kappa shape index (κ3) is 6.19. The molecule has 0 fully saturated rings. The summed E-state index contributed by atoms with van der Waals surface area (Å²) in [7, 11) is 1.72. The number of aliphatic imine (C=N–C) groups is 1. The Labute approximate surface area is 172 Å². The first-order chi connectivity index (χ1) is 14.3. The minimum Gasteiger partial charge on any atom is -0.380 e. The molecule has 2 N–H and O–H groups in total. The van der Waals surface area contributed by atoms with E-state index in [0.29, 0.717) is 13.2 Å². The fourth-order valence-corrected chi connectivity index (χ4v) is 3.08. The summed E-state index contributed by atoms with van der Waals surface area (Å²) in [6.45, 7) is 4.93. The molecule has 3 rings (SSSR count). The van der Waals surface area contributed by atoms with E-state index in [1.165, 1.54) is 16.7 Å². The van der Waals surface area contributed by atoms with Gasteiger partial charge in [-0.25, -0.2) is 9.67 Å². The molecule has 3 aromatic rings. The van der Waals surface area contributed by atoms with Gasteiger partial charge in [0.15, 0.2) is 5.96 Å². The zero-order valence-corrected chi connectivity index (χ0v) is 17.1. The Hall–Kier alpha value is -3.12. The van der Waals surface area contributed by atoms with Crippen LogP contribution in [0.25, 0.3) is 5.69 Å². The molecule has 0 atom stereocenters. The second-order valence-corrected chi connectivity index (χ2v) is 6.69. The van der Waals surface area contributed by atoms with E-state index >= 15 is 0 Å². The van der Waals surface area contributed by atoms with Crippen LogP contribution in [-0.2, 0) is 24.3 Å². The molecular weight excluding hydrogens is 362 g/mol. The topological polar surface area (TPSA) is 63.5 Å². The zero-order chi connectivity index (χ0) is 20.3. The molecule has 2 aromatic carbocycles. The predicted octanol–water partition coefficient (Wildman–Crippen LogP) is 3.32. The highest BCUT2D eigenvalue weighted by Crippen LogP contribution is 2.11. The molecule has 0 aliphatic heterocycles. The van der Waals surface area contributed by atoms with Gasteiger partial charge >= 0.3 is 0 Å². The first-order valence-corrected chi connectivity index (χ1v) is 9.97. The number of rotatable bonds is 9. The summed E-state index contributed by atoms with van der Waals surface area (Å²) in [4.78, 5) is 4.73. The van der Waals surface area contributed by atoms with Crippen LogP contribution in [-0.4, -0.2) is 35.9 Å². The maximum Gasteiger partial charge on any atom is 0.191 e. The van der Waals surface area contributed by atoms with E-state index in [2.05, 4.69) is 59.1 Å². The second kappa shape index (κ2) is 11.0. The van der Waals surface area contributed by atoms with Crippen LogP contribution in [0.4, 0.5) is 0 Å². The van der Waals surface area contributed by atoms with Crippen LogP contribution in [0.2, 0.25) is 0 Å². The third-order valence-electron chi connectivity index (χ3n) is 4.58. The van der Waals surface area contributed by atoms with Crippen LogP contribution in [0.3, 0.4) is 0 Å². The number of nitrogens with one attached hydrogen (secondary N) is 2. The normalized spacial score (nSPS) is 11.4. The summed E-state index contributed by atoms with van der Waals surface area (Å²) in [5, 5.41) is 11.0. The molecule has 29 heavy (non-hydrogen) atoms. The summed E-state index contributed by atoms with van der Waals surface area (Å²) in [6, 6.07) is 18.6. The molecule has 6 nitrogen and oxygen atoms in total. The Morgan fingerprint density at radius 1 is 1.03 bits per heavy atom. The molecule has 0 bridgehead atoms. The standard InChI is InChI=1S/C23H29N5O/c1-3-24-23(26-17-20-7-4-5-8-21(20)18-29-2)25-15-13-19-9-11-22(12-10-19)28-16-6-14-27-28/h4-12,14,16H,3,13,15,17-18H2,1-2H3,(H2,24,25,26). The number of hydrogen-bond acceptors (Lipinski definition) is 3. The smallest absolute Gasteiger partial charge is 0.191 e. The quantitative estimate of drug-likeness (QED) is 0.434. The van der Waals surface area contributed by atoms with Gasteiger partial charge in [-0.15, -0.1) is 0 Å². The highest BCUT2D eigenvalue weighted by molar-refractivity contribution is 5.79. The van der Waals surface area contributed by atoms with Crippen molar-refractivity contribution in [2.24, 2.45) is 4.99 Å². The average molecular weight is 392 g/mol. The molecule has 0 unspecified atom stereocenters. The molecule has 0 amide bonds. The Morgan fingerprint density at radius 3 is 2.52 bits per heavy atom. The molecule has 0 saturated carbocycles. The number of nitrogens with zero attached hydrogens (tertiary/aromatic N) is 3. The second-order valence-electron chi connectivity index (χ2n) is 6.69. The van der Waals surface area contributed by atoms with Crippen molar-refractivity contribution in [3.05, 3.63) is 83.7 Å². The third-order valence-corrected chi connectivity index (χ3v) is 4.58. The van der Waals surface area contributed by atoms with Crippen LogP contribution < -0.4 is 10.6 Å². The monoisotopic (exact) mass is 391 g/mol. The van der Waals surface area contributed by atoms with E-state index < -0.39 is 0 Å². The molecule has 1 heterocycles. The lowest BCUT2D eigenvalue weighted by Crippen LogP contribution is -2.38. The van der Waals surface area contributed by atoms with Gasteiger partial charge in [0.2, 0.25) is 0 Å². The van der Waals surface area contributed by atoms with Crippen LogP contribution in [0.5, 0.6) is 0 Å². The van der Waals surface area contributed by atoms with Gasteiger partial charge in [-0.2, -0.15) is 5.10 Å². The highest BCUT2D eigenvalue weighted by Gasteiger charge is 2.03. The van der Waals surface area contributed by atoms with Crippen molar-refractivity contribution < 1.29 is 4.74 Å². The SMILES string of the molecule is CCNC(=NCc1ccccc1COC)NCCc1ccc(-n2cccn2)cc1. The number of benzene rings is 2. The Morgan fingerprint density at radius 2 is 1.83 bits per heavy atom. The van der Waals surface area contributed by atoms with E-state index in [-0.39, 0.29) is 0 Å². The van der Waals surface area contributed by atoms with E-state index in [9.17, 15) is 0 Å². The fourth-order valence-electron chi connectivity index (χ4n) is 3.08. The fraction of sp³-hybridized carbons (Fsp3) is 0.304. The lowest BCUT2D eigenvalue weighted by atomic mass is 10.1. The van der Waals surface area contributed by atoms with Crippen molar-refractivity contribution in [3.63, 3.8) is 0 Å². The average Bonchev–Trinajstić information content (AvgIpc) is 3.28. The van der Waals surface area contributed by atoms with E-state index in [0.717, 1.165) is 31.2 Å². The minimum absolute atomic E-state index is 0.601. The van der Waals surface area contributed by atoms with Crippen molar-refractivity contribution in [2.75, 3.05) is 20.2 Å². The lowest BCUT2D eigenvalue weighted by molar-refractivity contribution is 0.184. The van der Waals surface area contributed by atoms with Gasteiger partial charge in [-0.3, -0.25) is 0 Å². The first kappa shape index (κ1) is 20.6. The lowest BCUT2D eigenvalue weighted by Gasteiger charge is -2.12. The first-order valence-electron chi connectivity index (χ1n) is 9.97. The molecule has 0 spiro atoms. The van der Waals surface area contributed by atoms with Crippen LogP contribution >= 0.6 is 0 Å². The summed E-state index contributed by atoms with van der Waals surface area (Å²) >= 11 is 0. The maximum absolute atomic E-state index is 5.28. The van der Waals surface area contributed by atoms with Crippen molar-refractivity contribution in [1.29, 1.82) is 0 Å². The number of aromatic nitrogens is 2. The van der Waals surface area contributed by atoms with Gasteiger partial charge in [0, 0.05) is 32.6 Å². The van der Waals surface area contributed by atoms with Gasteiger partial charge in [0.05, 0.1) is 18.8 Å². The Bertz CT molecular complexity index is 888. The van der Waals surface area contributed by atoms with Crippen LogP contribution in [0.1, 0.15) is 23.6 Å². The highest BCUT2D eigenvalue weighted by atomic mass is 16.5. The number of guanidine groups is 1. The van der Waals surface area contributed by atoms with Crippen molar-refractivity contribution in [2.45, 2.75) is 26.5 Å². The van der Waals surface area contributed by atoms with Crippen molar-refractivity contribution >= 4 is 5.96 Å². The summed E-state index contributed by atoms with van der Waals surface area (Å²) in [6.07, 6.45) is 4.65. The number of ether oxygens (including phenoxy) is 1. The molecule has 0 saturated heterocycles. The minimum atomic E-state index is 0.601. The molecule has 0 radical (unpaired) electrons. The van der Waals surface area contributed by atoms with Gasteiger partial charge in [-0.05, 0) is 48.2 Å². The number of hydrogen-bond donors (Lipinski definition) is 2. The number of methoxy groups -OCH3 is 1. The zero-order valence-electron chi connectivity index (χ0n) is 17.1. The van der Waals surface area contributed by atoms with E-state index in [1.54, 1.807) is 13.3 Å². The summed E-state index contributed by atoms with van der Waals surface area (Å²) in [5.74, 6) is 0.827. The summed E-state index contributed by atoms with van der Waals surface area (Å²) < 4.78 is 7.14. The molecule has 152 valence electrons. The molecule has 1 aromatic heterocycles. The van der Waals surface area contributed by atoms with Crippen molar-refractivity contribution in [3.8, 4) is 5.69 Å². The summed E-state index contributed by atoms with van der Waals surface area (Å²) in [5.41, 5.74) is 4.69. The van der Waals surface area contributed by atoms with Gasteiger partial charge in [-0.1, -0.05) is 36.4 Å².